The summed E-state index contributed by atoms with van der Waals surface area (Å²) in [6.07, 6.45) is 1.56. The van der Waals surface area contributed by atoms with Gasteiger partial charge in [0.2, 0.25) is 5.91 Å². The lowest BCUT2D eigenvalue weighted by atomic mass is 10.0. The quantitative estimate of drug-likeness (QED) is 0.175. The number of anilines is 1. The third kappa shape index (κ3) is 5.27. The van der Waals surface area contributed by atoms with Crippen LogP contribution < -0.4 is 19.5 Å². The van der Waals surface area contributed by atoms with Crippen LogP contribution in [0.4, 0.5) is 10.1 Å². The Kier molecular flexibility index (Phi) is 7.79. The molecule has 5 rings (SSSR count). The van der Waals surface area contributed by atoms with Crippen molar-refractivity contribution in [3.63, 3.8) is 0 Å². The number of hydrogen-bond acceptors (Lipinski definition) is 7. The Bertz CT molecular complexity index is 1580. The van der Waals surface area contributed by atoms with Crippen molar-refractivity contribution in [1.29, 1.82) is 0 Å². The largest absolute Gasteiger partial charge is 0.493 e. The number of aromatic nitrogens is 1. The Hall–Kier alpha value is -4.66. The lowest BCUT2D eigenvalue weighted by Crippen LogP contribution is -2.35. The van der Waals surface area contributed by atoms with E-state index in [0.29, 0.717) is 34.8 Å². The number of carbonyl (C=O) groups excluding carboxylic acids is 2. The number of hydrogen-bond donors (Lipinski definition) is 1. The molecule has 41 heavy (non-hydrogen) atoms. The molecule has 1 fully saturated rings. The van der Waals surface area contributed by atoms with Gasteiger partial charge in [-0.1, -0.05) is 44.2 Å². The van der Waals surface area contributed by atoms with Crippen LogP contribution in [0.25, 0.3) is 10.9 Å². The van der Waals surface area contributed by atoms with Gasteiger partial charge in [-0.3, -0.25) is 14.6 Å². The van der Waals surface area contributed by atoms with Gasteiger partial charge in [-0.05, 0) is 48.6 Å². The van der Waals surface area contributed by atoms with E-state index >= 15 is 4.39 Å². The highest BCUT2D eigenvalue weighted by Gasteiger charge is 2.71. The molecule has 0 spiro atoms. The number of pyridine rings is 1. The predicted molar refractivity (Wildman–Crippen MR) is 152 cm³/mol. The van der Waals surface area contributed by atoms with Crippen LogP contribution in [0.5, 0.6) is 23.0 Å². The fourth-order valence-electron chi connectivity index (χ4n) is 5.14. The number of benzene rings is 3. The molecule has 212 valence electrons. The maximum atomic E-state index is 15.2. The highest BCUT2D eigenvalue weighted by molar-refractivity contribution is 6.12. The number of fused-ring (bicyclic) bond motifs is 1. The van der Waals surface area contributed by atoms with E-state index in [1.54, 1.807) is 31.3 Å². The van der Waals surface area contributed by atoms with E-state index in [9.17, 15) is 9.59 Å². The molecule has 1 aliphatic carbocycles. The number of halogens is 1. The third-order valence-corrected chi connectivity index (χ3v) is 7.70. The van der Waals surface area contributed by atoms with Crippen molar-refractivity contribution in [2.75, 3.05) is 19.0 Å². The predicted octanol–water partition coefficient (Wildman–Crippen LogP) is 6.53. The first kappa shape index (κ1) is 27.9. The Morgan fingerprint density at radius 2 is 1.71 bits per heavy atom. The molecular weight excluding hydrogens is 527 g/mol. The standard InChI is InChI=1S/C32H31FN2O6/c1-5-39-31(37)32(19(2)20(32)3)30(36)35-22-11-12-27(24(33)15-22)41-26-13-14-34-25-17-29(28(38-4)16-23(25)26)40-18-21-9-7-6-8-10-21/h6-17,19-20H,5,18H2,1-4H3,(H,35,36)/t19-,20-/m1/s1. The minimum absolute atomic E-state index is 0.0490. The van der Waals surface area contributed by atoms with E-state index in [4.69, 9.17) is 18.9 Å². The van der Waals surface area contributed by atoms with Gasteiger partial charge in [0, 0.05) is 29.4 Å². The van der Waals surface area contributed by atoms with E-state index < -0.39 is 23.1 Å². The molecule has 1 aliphatic rings. The average molecular weight is 559 g/mol. The maximum Gasteiger partial charge on any atom is 0.322 e. The van der Waals surface area contributed by atoms with Gasteiger partial charge in [-0.15, -0.1) is 0 Å². The van der Waals surface area contributed by atoms with Crippen LogP contribution in [0, 0.1) is 23.1 Å². The Morgan fingerprint density at radius 1 is 0.951 bits per heavy atom. The SMILES string of the molecule is CCOC(=O)C1(C(=O)Nc2ccc(Oc3ccnc4cc(OCc5ccccc5)c(OC)cc34)c(F)c2)[C@H](C)[C@H]1C. The van der Waals surface area contributed by atoms with Gasteiger partial charge in [0.1, 0.15) is 12.4 Å². The van der Waals surface area contributed by atoms with Gasteiger partial charge in [0.25, 0.3) is 0 Å². The minimum Gasteiger partial charge on any atom is -0.493 e. The fourth-order valence-corrected chi connectivity index (χ4v) is 5.14. The summed E-state index contributed by atoms with van der Waals surface area (Å²) in [6, 6.07) is 19.0. The van der Waals surface area contributed by atoms with Crippen molar-refractivity contribution in [2.45, 2.75) is 27.4 Å². The van der Waals surface area contributed by atoms with Crippen LogP contribution in [0.15, 0.2) is 72.9 Å². The normalized spacial score (nSPS) is 19.3. The molecule has 1 amide bonds. The van der Waals surface area contributed by atoms with E-state index in [1.807, 2.05) is 44.2 Å². The number of amides is 1. The molecule has 3 aromatic carbocycles. The molecule has 2 atom stereocenters. The van der Waals surface area contributed by atoms with Crippen LogP contribution in [-0.2, 0) is 20.9 Å². The molecule has 0 bridgehead atoms. The molecule has 4 aromatic rings. The fraction of sp³-hybridized carbons (Fsp3) is 0.281. The summed E-state index contributed by atoms with van der Waals surface area (Å²) < 4.78 is 37.8. The summed E-state index contributed by atoms with van der Waals surface area (Å²) in [6.45, 7) is 5.86. The van der Waals surface area contributed by atoms with Crippen LogP contribution in [-0.4, -0.2) is 30.6 Å². The number of rotatable bonds is 10. The van der Waals surface area contributed by atoms with Crippen LogP contribution in [0.2, 0.25) is 0 Å². The highest BCUT2D eigenvalue weighted by Crippen LogP contribution is 2.59. The van der Waals surface area contributed by atoms with Gasteiger partial charge in [-0.25, -0.2) is 4.39 Å². The summed E-state index contributed by atoms with van der Waals surface area (Å²) in [7, 11) is 1.54. The Morgan fingerprint density at radius 3 is 2.37 bits per heavy atom. The number of carbonyl (C=O) groups is 2. The zero-order valence-electron chi connectivity index (χ0n) is 23.3. The number of nitrogens with zero attached hydrogens (tertiary/aromatic N) is 1. The lowest BCUT2D eigenvalue weighted by Gasteiger charge is -2.17. The van der Waals surface area contributed by atoms with Crippen molar-refractivity contribution in [1.82, 2.24) is 4.98 Å². The molecule has 8 nitrogen and oxygen atoms in total. The molecule has 1 N–H and O–H groups in total. The number of methoxy groups -OCH3 is 1. The second-order valence-corrected chi connectivity index (χ2v) is 9.97. The van der Waals surface area contributed by atoms with Gasteiger partial charge >= 0.3 is 5.97 Å². The van der Waals surface area contributed by atoms with Gasteiger partial charge < -0.3 is 24.3 Å². The first-order chi connectivity index (χ1) is 19.8. The third-order valence-electron chi connectivity index (χ3n) is 7.70. The molecule has 0 radical (unpaired) electrons. The van der Waals surface area contributed by atoms with E-state index in [2.05, 4.69) is 10.3 Å². The van der Waals surface area contributed by atoms with Crippen molar-refractivity contribution in [2.24, 2.45) is 17.3 Å². The molecule has 0 saturated heterocycles. The van der Waals surface area contributed by atoms with Crippen LogP contribution in [0.1, 0.15) is 26.3 Å². The Labute approximate surface area is 237 Å². The van der Waals surface area contributed by atoms with Crippen LogP contribution in [0.3, 0.4) is 0 Å². The summed E-state index contributed by atoms with van der Waals surface area (Å²) in [5, 5.41) is 3.27. The molecule has 1 aromatic heterocycles. The highest BCUT2D eigenvalue weighted by atomic mass is 19.1. The monoisotopic (exact) mass is 558 g/mol. The summed E-state index contributed by atoms with van der Waals surface area (Å²) in [5.41, 5.74) is 0.510. The van der Waals surface area contributed by atoms with Gasteiger partial charge in [0.15, 0.2) is 28.5 Å². The first-order valence-electron chi connectivity index (χ1n) is 13.4. The molecule has 1 heterocycles. The van der Waals surface area contributed by atoms with E-state index in [-0.39, 0.29) is 29.9 Å². The smallest absolute Gasteiger partial charge is 0.322 e. The number of esters is 1. The zero-order chi connectivity index (χ0) is 29.1. The molecule has 0 aliphatic heterocycles. The Balaban J connectivity index is 1.35. The van der Waals surface area contributed by atoms with Crippen molar-refractivity contribution in [3.05, 3.63) is 84.3 Å². The average Bonchev–Trinajstić information content (AvgIpc) is 3.54. The topological polar surface area (TPSA) is 96.0 Å². The first-order valence-corrected chi connectivity index (χ1v) is 13.4. The van der Waals surface area contributed by atoms with Gasteiger partial charge in [0.05, 0.1) is 19.2 Å². The maximum absolute atomic E-state index is 15.2. The minimum atomic E-state index is -1.28. The number of ether oxygens (including phenoxy) is 4. The zero-order valence-corrected chi connectivity index (χ0v) is 23.3. The summed E-state index contributed by atoms with van der Waals surface area (Å²) in [5.74, 6) is -0.834. The molecule has 9 heteroatoms. The second kappa shape index (κ2) is 11.4. The second-order valence-electron chi connectivity index (χ2n) is 9.97. The molecule has 1 saturated carbocycles. The summed E-state index contributed by atoms with van der Waals surface area (Å²) in [4.78, 5) is 30.1. The van der Waals surface area contributed by atoms with Crippen molar-refractivity contribution < 1.29 is 32.9 Å². The van der Waals surface area contributed by atoms with Crippen molar-refractivity contribution in [3.8, 4) is 23.0 Å². The van der Waals surface area contributed by atoms with Crippen molar-refractivity contribution >= 4 is 28.5 Å². The van der Waals surface area contributed by atoms with E-state index in [1.165, 1.54) is 19.2 Å². The van der Waals surface area contributed by atoms with Crippen LogP contribution >= 0.6 is 0 Å². The molecule has 0 unspecified atom stereocenters. The summed E-state index contributed by atoms with van der Waals surface area (Å²) >= 11 is 0. The lowest BCUT2D eigenvalue weighted by molar-refractivity contribution is -0.154. The van der Waals surface area contributed by atoms with Gasteiger partial charge in [-0.2, -0.15) is 0 Å². The number of nitrogens with one attached hydrogen (secondary N) is 1. The molecular formula is C32H31FN2O6. The van der Waals surface area contributed by atoms with E-state index in [0.717, 1.165) is 11.6 Å².